The Morgan fingerprint density at radius 2 is 1.91 bits per heavy atom. The summed E-state index contributed by atoms with van der Waals surface area (Å²) in [4.78, 5) is 10.6. The third-order valence-corrected chi connectivity index (χ3v) is 4.42. The Morgan fingerprint density at radius 1 is 1.22 bits per heavy atom. The predicted octanol–water partition coefficient (Wildman–Crippen LogP) is 3.49. The van der Waals surface area contributed by atoms with E-state index in [1.807, 2.05) is 19.2 Å². The van der Waals surface area contributed by atoms with E-state index in [1.54, 1.807) is 23.9 Å². The number of hydrogen-bond acceptors (Lipinski definition) is 5. The average molecular weight is 333 g/mol. The molecule has 0 aliphatic carbocycles. The first-order valence-electron chi connectivity index (χ1n) is 7.62. The second kappa shape index (κ2) is 7.64. The molecule has 0 amide bonds. The predicted molar refractivity (Wildman–Crippen MR) is 92.4 cm³/mol. The van der Waals surface area contributed by atoms with Gasteiger partial charge in [0.2, 0.25) is 0 Å². The van der Waals surface area contributed by atoms with Gasteiger partial charge in [-0.2, -0.15) is 0 Å². The standard InChI is InChI=1S/C17H23N3O2S/c1-17(2,3)15-18-19-16(20(15)4)23-11-5-10-22-14-8-6-13(12-21)7-9-14/h6-9,12H,5,10-11H2,1-4H3. The maximum Gasteiger partial charge on any atom is 0.190 e. The van der Waals surface area contributed by atoms with Crippen LogP contribution in [0.15, 0.2) is 29.4 Å². The smallest absolute Gasteiger partial charge is 0.190 e. The van der Waals surface area contributed by atoms with Crippen molar-refractivity contribution in [2.75, 3.05) is 12.4 Å². The molecule has 6 heteroatoms. The largest absolute Gasteiger partial charge is 0.494 e. The van der Waals surface area contributed by atoms with Crippen LogP contribution in [0.3, 0.4) is 0 Å². The number of aromatic nitrogens is 3. The van der Waals surface area contributed by atoms with Crippen LogP contribution < -0.4 is 4.74 Å². The number of hydrogen-bond donors (Lipinski definition) is 0. The van der Waals surface area contributed by atoms with Crippen LogP contribution in [0.5, 0.6) is 5.75 Å². The fourth-order valence-electron chi connectivity index (χ4n) is 2.15. The Bertz CT molecular complexity index is 645. The van der Waals surface area contributed by atoms with Gasteiger partial charge in [-0.15, -0.1) is 10.2 Å². The average Bonchev–Trinajstić information content (AvgIpc) is 2.89. The Hall–Kier alpha value is -1.82. The minimum Gasteiger partial charge on any atom is -0.494 e. The molecule has 2 aromatic rings. The third-order valence-electron chi connectivity index (χ3n) is 3.31. The van der Waals surface area contributed by atoms with Gasteiger partial charge in [0.1, 0.15) is 17.9 Å². The zero-order valence-electron chi connectivity index (χ0n) is 14.1. The van der Waals surface area contributed by atoms with Gasteiger partial charge in [-0.25, -0.2) is 0 Å². The molecule has 0 bridgehead atoms. The lowest BCUT2D eigenvalue weighted by Gasteiger charge is -2.16. The van der Waals surface area contributed by atoms with Gasteiger partial charge in [0.05, 0.1) is 6.61 Å². The minimum absolute atomic E-state index is 0.00263. The van der Waals surface area contributed by atoms with Crippen LogP contribution in [0.2, 0.25) is 0 Å². The second-order valence-electron chi connectivity index (χ2n) is 6.35. The van der Waals surface area contributed by atoms with E-state index in [0.29, 0.717) is 12.2 Å². The van der Waals surface area contributed by atoms with Crippen LogP contribution in [-0.2, 0) is 12.5 Å². The number of carbonyl (C=O) groups excluding carboxylic acids is 1. The molecule has 1 aromatic heterocycles. The molecule has 2 rings (SSSR count). The Morgan fingerprint density at radius 3 is 2.48 bits per heavy atom. The molecule has 0 unspecified atom stereocenters. The van der Waals surface area contributed by atoms with Crippen LogP contribution in [0.4, 0.5) is 0 Å². The van der Waals surface area contributed by atoms with Crippen LogP contribution in [-0.4, -0.2) is 33.4 Å². The second-order valence-corrected chi connectivity index (χ2v) is 7.41. The molecule has 0 spiro atoms. The van der Waals surface area contributed by atoms with Crippen molar-refractivity contribution in [3.05, 3.63) is 35.7 Å². The molecule has 0 aliphatic heterocycles. The summed E-state index contributed by atoms with van der Waals surface area (Å²) in [5, 5.41) is 9.48. The quantitative estimate of drug-likeness (QED) is 0.441. The van der Waals surface area contributed by atoms with E-state index in [1.165, 1.54) is 0 Å². The van der Waals surface area contributed by atoms with Gasteiger partial charge >= 0.3 is 0 Å². The molecule has 124 valence electrons. The summed E-state index contributed by atoms with van der Waals surface area (Å²) < 4.78 is 7.72. The van der Waals surface area contributed by atoms with E-state index in [9.17, 15) is 4.79 Å². The Balaban J connectivity index is 1.75. The molecule has 23 heavy (non-hydrogen) atoms. The van der Waals surface area contributed by atoms with Crippen LogP contribution in [0, 0.1) is 0 Å². The lowest BCUT2D eigenvalue weighted by molar-refractivity contribution is 0.112. The summed E-state index contributed by atoms with van der Waals surface area (Å²) in [6.45, 7) is 7.04. The zero-order valence-corrected chi connectivity index (χ0v) is 14.9. The number of carbonyl (C=O) groups is 1. The van der Waals surface area contributed by atoms with Crippen molar-refractivity contribution in [2.45, 2.75) is 37.8 Å². The molecule has 0 aliphatic rings. The number of ether oxygens (including phenoxy) is 1. The molecule has 1 heterocycles. The molecule has 0 N–H and O–H groups in total. The third kappa shape index (κ3) is 4.82. The Kier molecular flexibility index (Phi) is 5.82. The summed E-state index contributed by atoms with van der Waals surface area (Å²) in [6.07, 6.45) is 1.74. The molecule has 0 radical (unpaired) electrons. The first kappa shape index (κ1) is 17.5. The number of rotatable bonds is 7. The fourth-order valence-corrected chi connectivity index (χ4v) is 2.97. The number of nitrogens with zero attached hydrogens (tertiary/aromatic N) is 3. The number of thioether (sulfide) groups is 1. The lowest BCUT2D eigenvalue weighted by atomic mass is 9.96. The van der Waals surface area contributed by atoms with Gasteiger partial charge in [-0.1, -0.05) is 32.5 Å². The van der Waals surface area contributed by atoms with E-state index >= 15 is 0 Å². The molecular weight excluding hydrogens is 310 g/mol. The summed E-state index contributed by atoms with van der Waals surface area (Å²) in [7, 11) is 2.01. The molecule has 0 fully saturated rings. The van der Waals surface area contributed by atoms with Crippen molar-refractivity contribution in [2.24, 2.45) is 7.05 Å². The molecule has 1 aromatic carbocycles. The molecule has 0 saturated carbocycles. The number of benzene rings is 1. The maximum absolute atomic E-state index is 10.6. The van der Waals surface area contributed by atoms with Crippen molar-refractivity contribution in [1.29, 1.82) is 0 Å². The summed E-state index contributed by atoms with van der Waals surface area (Å²) in [5.41, 5.74) is 0.655. The summed E-state index contributed by atoms with van der Waals surface area (Å²) in [6, 6.07) is 7.14. The first-order valence-corrected chi connectivity index (χ1v) is 8.61. The molecule has 5 nitrogen and oxygen atoms in total. The SMILES string of the molecule is Cn1c(SCCCOc2ccc(C=O)cc2)nnc1C(C)(C)C. The zero-order chi connectivity index (χ0) is 16.9. The van der Waals surface area contributed by atoms with Crippen molar-refractivity contribution < 1.29 is 9.53 Å². The first-order chi connectivity index (χ1) is 10.9. The van der Waals surface area contributed by atoms with Crippen molar-refractivity contribution in [3.8, 4) is 5.75 Å². The van der Waals surface area contributed by atoms with E-state index in [0.717, 1.165) is 35.2 Å². The lowest BCUT2D eigenvalue weighted by Crippen LogP contribution is -2.17. The van der Waals surface area contributed by atoms with Gasteiger partial charge in [-0.3, -0.25) is 4.79 Å². The highest BCUT2D eigenvalue weighted by molar-refractivity contribution is 7.99. The van der Waals surface area contributed by atoms with E-state index < -0.39 is 0 Å². The highest BCUT2D eigenvalue weighted by Crippen LogP contribution is 2.24. The molecular formula is C17H23N3O2S. The van der Waals surface area contributed by atoms with Crippen LogP contribution in [0.1, 0.15) is 43.4 Å². The van der Waals surface area contributed by atoms with Crippen molar-refractivity contribution >= 4 is 18.0 Å². The normalized spacial score (nSPS) is 11.5. The monoisotopic (exact) mass is 333 g/mol. The van der Waals surface area contributed by atoms with Gasteiger partial charge in [0.25, 0.3) is 0 Å². The van der Waals surface area contributed by atoms with E-state index in [-0.39, 0.29) is 5.41 Å². The highest BCUT2D eigenvalue weighted by Gasteiger charge is 2.21. The molecule has 0 atom stereocenters. The molecule has 0 saturated heterocycles. The van der Waals surface area contributed by atoms with Gasteiger partial charge in [0.15, 0.2) is 5.16 Å². The van der Waals surface area contributed by atoms with Crippen molar-refractivity contribution in [3.63, 3.8) is 0 Å². The summed E-state index contributed by atoms with van der Waals surface area (Å²) >= 11 is 1.69. The van der Waals surface area contributed by atoms with Crippen LogP contribution in [0.25, 0.3) is 0 Å². The van der Waals surface area contributed by atoms with Gasteiger partial charge < -0.3 is 9.30 Å². The minimum atomic E-state index is -0.00263. The van der Waals surface area contributed by atoms with Crippen LogP contribution >= 0.6 is 11.8 Å². The van der Waals surface area contributed by atoms with Gasteiger partial charge in [-0.05, 0) is 30.7 Å². The van der Waals surface area contributed by atoms with E-state index in [2.05, 4.69) is 35.5 Å². The fraction of sp³-hybridized carbons (Fsp3) is 0.471. The highest BCUT2D eigenvalue weighted by atomic mass is 32.2. The Labute approximate surface area is 141 Å². The van der Waals surface area contributed by atoms with Crippen molar-refractivity contribution in [1.82, 2.24) is 14.8 Å². The van der Waals surface area contributed by atoms with E-state index in [4.69, 9.17) is 4.74 Å². The maximum atomic E-state index is 10.6. The van der Waals surface area contributed by atoms with Gasteiger partial charge in [0, 0.05) is 23.8 Å². The summed E-state index contributed by atoms with van der Waals surface area (Å²) in [5.74, 6) is 2.70. The number of aldehydes is 1. The topological polar surface area (TPSA) is 57.0 Å².